The van der Waals surface area contributed by atoms with Crippen LogP contribution in [0, 0.1) is 17.2 Å². The van der Waals surface area contributed by atoms with Crippen LogP contribution in [0.1, 0.15) is 30.1 Å². The van der Waals surface area contributed by atoms with Crippen LogP contribution in [0.2, 0.25) is 0 Å². The minimum absolute atomic E-state index is 0.181. The fraction of sp³-hybridized carbons (Fsp3) is 0.316. The maximum atomic E-state index is 12.3. The van der Waals surface area contributed by atoms with E-state index in [2.05, 4.69) is 11.4 Å². The highest BCUT2D eigenvalue weighted by Crippen LogP contribution is 2.39. The first-order valence-electron chi connectivity index (χ1n) is 7.90. The van der Waals surface area contributed by atoms with Crippen molar-refractivity contribution in [3.05, 3.63) is 48.0 Å². The summed E-state index contributed by atoms with van der Waals surface area (Å²) in [7, 11) is 0. The van der Waals surface area contributed by atoms with Crippen molar-refractivity contribution in [2.24, 2.45) is 5.92 Å². The number of fused-ring (bicyclic) bond motifs is 1. The molecule has 1 aliphatic carbocycles. The van der Waals surface area contributed by atoms with Crippen molar-refractivity contribution in [2.75, 3.05) is 6.61 Å². The standard InChI is InChI=1S/C19H18N2O3/c1-19(12-20,14-9-10-14)21-17(22)11-24-18(23)16-8-4-6-13-5-2-3-7-15(13)16/h2-8,14H,9-11H2,1H3,(H,21,22)/t19-/m0/s1. The Morgan fingerprint density at radius 3 is 2.67 bits per heavy atom. The predicted octanol–water partition coefficient (Wildman–Crippen LogP) is 2.81. The van der Waals surface area contributed by atoms with Crippen LogP contribution in [0.25, 0.3) is 10.8 Å². The number of carbonyl (C=O) groups excluding carboxylic acids is 2. The van der Waals surface area contributed by atoms with Crippen molar-refractivity contribution < 1.29 is 14.3 Å². The highest BCUT2D eigenvalue weighted by molar-refractivity contribution is 6.04. The molecular weight excluding hydrogens is 304 g/mol. The third kappa shape index (κ3) is 3.23. The van der Waals surface area contributed by atoms with E-state index in [1.807, 2.05) is 30.3 Å². The minimum Gasteiger partial charge on any atom is -0.452 e. The summed E-state index contributed by atoms with van der Waals surface area (Å²) in [5.74, 6) is -0.827. The van der Waals surface area contributed by atoms with Gasteiger partial charge in [-0.2, -0.15) is 5.26 Å². The number of rotatable bonds is 5. The molecule has 5 heteroatoms. The van der Waals surface area contributed by atoms with Crippen LogP contribution >= 0.6 is 0 Å². The molecule has 1 saturated carbocycles. The van der Waals surface area contributed by atoms with Gasteiger partial charge in [0, 0.05) is 0 Å². The van der Waals surface area contributed by atoms with Gasteiger partial charge >= 0.3 is 5.97 Å². The van der Waals surface area contributed by atoms with E-state index in [4.69, 9.17) is 4.74 Å². The number of hydrogen-bond acceptors (Lipinski definition) is 4. The normalized spacial score (nSPS) is 16.0. The highest BCUT2D eigenvalue weighted by Gasteiger charge is 2.43. The number of hydrogen-bond donors (Lipinski definition) is 1. The number of amides is 1. The summed E-state index contributed by atoms with van der Waals surface area (Å²) in [4.78, 5) is 24.3. The number of nitriles is 1. The smallest absolute Gasteiger partial charge is 0.339 e. The molecule has 1 atom stereocenters. The third-order valence-electron chi connectivity index (χ3n) is 4.37. The summed E-state index contributed by atoms with van der Waals surface area (Å²) in [6.45, 7) is 1.31. The number of nitrogens with zero attached hydrogens (tertiary/aromatic N) is 1. The topological polar surface area (TPSA) is 79.2 Å². The molecule has 0 saturated heterocycles. The van der Waals surface area contributed by atoms with Crippen LogP contribution in [0.4, 0.5) is 0 Å². The van der Waals surface area contributed by atoms with Gasteiger partial charge in [0.25, 0.3) is 5.91 Å². The Bertz CT molecular complexity index is 831. The first kappa shape index (κ1) is 16.0. The second-order valence-electron chi connectivity index (χ2n) is 6.24. The van der Waals surface area contributed by atoms with E-state index in [1.165, 1.54) is 0 Å². The number of benzene rings is 2. The molecule has 2 aromatic rings. The van der Waals surface area contributed by atoms with E-state index in [1.54, 1.807) is 19.1 Å². The van der Waals surface area contributed by atoms with Crippen LogP contribution < -0.4 is 5.32 Å². The second-order valence-corrected chi connectivity index (χ2v) is 6.24. The molecular formula is C19H18N2O3. The van der Waals surface area contributed by atoms with Gasteiger partial charge < -0.3 is 10.1 Å². The van der Waals surface area contributed by atoms with Crippen molar-refractivity contribution in [3.63, 3.8) is 0 Å². The summed E-state index contributed by atoms with van der Waals surface area (Å²) in [6.07, 6.45) is 1.86. The number of carbonyl (C=O) groups is 2. The van der Waals surface area contributed by atoms with Crippen molar-refractivity contribution in [3.8, 4) is 6.07 Å². The van der Waals surface area contributed by atoms with Crippen molar-refractivity contribution >= 4 is 22.6 Å². The fourth-order valence-electron chi connectivity index (χ4n) is 2.82. The van der Waals surface area contributed by atoms with Crippen molar-refractivity contribution in [1.82, 2.24) is 5.32 Å². The monoisotopic (exact) mass is 322 g/mol. The van der Waals surface area contributed by atoms with Gasteiger partial charge in [-0.1, -0.05) is 36.4 Å². The van der Waals surface area contributed by atoms with E-state index >= 15 is 0 Å². The van der Waals surface area contributed by atoms with E-state index in [0.717, 1.165) is 23.6 Å². The minimum atomic E-state index is -0.886. The molecule has 0 aliphatic heterocycles. The average molecular weight is 322 g/mol. The molecule has 3 rings (SSSR count). The zero-order chi connectivity index (χ0) is 17.2. The number of nitrogens with one attached hydrogen (secondary N) is 1. The van der Waals surface area contributed by atoms with Crippen LogP contribution in [0.3, 0.4) is 0 Å². The van der Waals surface area contributed by atoms with Gasteiger partial charge in [0.15, 0.2) is 6.61 Å². The molecule has 1 amide bonds. The molecule has 24 heavy (non-hydrogen) atoms. The Hall–Kier alpha value is -2.87. The maximum absolute atomic E-state index is 12.3. The lowest BCUT2D eigenvalue weighted by Gasteiger charge is -2.22. The fourth-order valence-corrected chi connectivity index (χ4v) is 2.82. The lowest BCUT2D eigenvalue weighted by atomic mass is 9.98. The largest absolute Gasteiger partial charge is 0.452 e. The Labute approximate surface area is 140 Å². The molecule has 1 N–H and O–H groups in total. The summed E-state index contributed by atoms with van der Waals surface area (Å²) in [6, 6.07) is 15.0. The second kappa shape index (κ2) is 6.32. The van der Waals surface area contributed by atoms with Crippen LogP contribution in [0.5, 0.6) is 0 Å². The molecule has 1 fully saturated rings. The Balaban J connectivity index is 1.65. The van der Waals surface area contributed by atoms with Crippen LogP contribution in [-0.2, 0) is 9.53 Å². The van der Waals surface area contributed by atoms with Gasteiger partial charge in [-0.15, -0.1) is 0 Å². The molecule has 0 bridgehead atoms. The van der Waals surface area contributed by atoms with E-state index < -0.39 is 24.0 Å². The third-order valence-corrected chi connectivity index (χ3v) is 4.37. The molecule has 0 spiro atoms. The molecule has 0 radical (unpaired) electrons. The van der Waals surface area contributed by atoms with Crippen LogP contribution in [-0.4, -0.2) is 24.0 Å². The molecule has 5 nitrogen and oxygen atoms in total. The lowest BCUT2D eigenvalue weighted by molar-refractivity contribution is -0.125. The van der Waals surface area contributed by atoms with Gasteiger partial charge in [-0.3, -0.25) is 4.79 Å². The van der Waals surface area contributed by atoms with Gasteiger partial charge in [-0.25, -0.2) is 4.79 Å². The molecule has 0 unspecified atom stereocenters. The molecule has 1 aliphatic rings. The van der Waals surface area contributed by atoms with E-state index in [-0.39, 0.29) is 5.92 Å². The molecule has 122 valence electrons. The van der Waals surface area contributed by atoms with E-state index in [0.29, 0.717) is 5.56 Å². The SMILES string of the molecule is C[C@@](C#N)(NC(=O)COC(=O)c1cccc2ccccc12)C1CC1. The summed E-state index contributed by atoms with van der Waals surface area (Å²) < 4.78 is 5.13. The Kier molecular flexibility index (Phi) is 4.22. The maximum Gasteiger partial charge on any atom is 0.339 e. The number of esters is 1. The summed E-state index contributed by atoms with van der Waals surface area (Å²) in [5, 5.41) is 13.6. The molecule has 2 aromatic carbocycles. The highest BCUT2D eigenvalue weighted by atomic mass is 16.5. The van der Waals surface area contributed by atoms with Gasteiger partial charge in [-0.05, 0) is 42.5 Å². The zero-order valence-electron chi connectivity index (χ0n) is 13.4. The van der Waals surface area contributed by atoms with Gasteiger partial charge in [0.1, 0.15) is 5.54 Å². The predicted molar refractivity (Wildman–Crippen MR) is 89.1 cm³/mol. The average Bonchev–Trinajstić information content (AvgIpc) is 3.44. The lowest BCUT2D eigenvalue weighted by Crippen LogP contribution is -2.48. The first-order valence-corrected chi connectivity index (χ1v) is 7.90. The van der Waals surface area contributed by atoms with Gasteiger partial charge in [0.2, 0.25) is 0 Å². The van der Waals surface area contributed by atoms with Crippen molar-refractivity contribution in [1.29, 1.82) is 5.26 Å². The first-order chi connectivity index (χ1) is 11.5. The summed E-state index contributed by atoms with van der Waals surface area (Å²) >= 11 is 0. The van der Waals surface area contributed by atoms with Crippen LogP contribution in [0.15, 0.2) is 42.5 Å². The van der Waals surface area contributed by atoms with E-state index in [9.17, 15) is 14.9 Å². The van der Waals surface area contributed by atoms with Crippen molar-refractivity contribution in [2.45, 2.75) is 25.3 Å². The molecule has 0 heterocycles. The number of ether oxygens (including phenoxy) is 1. The molecule has 0 aromatic heterocycles. The quantitative estimate of drug-likeness (QED) is 0.859. The van der Waals surface area contributed by atoms with Gasteiger partial charge in [0.05, 0.1) is 11.6 Å². The Morgan fingerprint density at radius 1 is 1.25 bits per heavy atom. The Morgan fingerprint density at radius 2 is 1.96 bits per heavy atom. The summed E-state index contributed by atoms with van der Waals surface area (Å²) in [5.41, 5.74) is -0.464. The zero-order valence-corrected chi connectivity index (χ0v) is 13.4.